The molecular formula is C9H12BrN3. The second-order valence-electron chi connectivity index (χ2n) is 3.06. The predicted octanol–water partition coefficient (Wildman–Crippen LogP) is 1.25. The minimum absolute atomic E-state index is 1.06. The topological polar surface area (TPSA) is 28.2 Å². The first kappa shape index (κ1) is 8.97. The van der Waals surface area contributed by atoms with Gasteiger partial charge in [-0.3, -0.25) is 4.98 Å². The number of hydrogen-bond acceptors (Lipinski definition) is 3. The van der Waals surface area contributed by atoms with Gasteiger partial charge in [-0.1, -0.05) is 0 Å². The number of halogens is 1. The van der Waals surface area contributed by atoms with Gasteiger partial charge in [0.2, 0.25) is 0 Å². The molecule has 0 saturated carbocycles. The number of nitrogens with one attached hydrogen (secondary N) is 1. The molecule has 1 N–H and O–H groups in total. The van der Waals surface area contributed by atoms with Gasteiger partial charge in [0.1, 0.15) is 0 Å². The van der Waals surface area contributed by atoms with Crippen molar-refractivity contribution in [2.45, 2.75) is 0 Å². The summed E-state index contributed by atoms with van der Waals surface area (Å²) in [6, 6.07) is 1.98. The molecule has 13 heavy (non-hydrogen) atoms. The third-order valence-corrected chi connectivity index (χ3v) is 2.88. The summed E-state index contributed by atoms with van der Waals surface area (Å²) < 4.78 is 1.13. The van der Waals surface area contributed by atoms with E-state index >= 15 is 0 Å². The third-order valence-electron chi connectivity index (χ3n) is 2.21. The minimum Gasteiger partial charge on any atom is -0.367 e. The Morgan fingerprint density at radius 1 is 1.38 bits per heavy atom. The second kappa shape index (κ2) is 4.07. The van der Waals surface area contributed by atoms with E-state index in [-0.39, 0.29) is 0 Å². The van der Waals surface area contributed by atoms with Crippen LogP contribution in [0.2, 0.25) is 0 Å². The Morgan fingerprint density at radius 3 is 2.85 bits per heavy atom. The molecule has 2 heterocycles. The van der Waals surface area contributed by atoms with Crippen molar-refractivity contribution in [3.8, 4) is 0 Å². The van der Waals surface area contributed by atoms with Crippen LogP contribution < -0.4 is 10.2 Å². The van der Waals surface area contributed by atoms with Crippen molar-refractivity contribution in [2.24, 2.45) is 0 Å². The molecule has 1 aromatic heterocycles. The lowest BCUT2D eigenvalue weighted by atomic mass is 10.3. The zero-order chi connectivity index (χ0) is 9.10. The maximum Gasteiger partial charge on any atom is 0.0697 e. The van der Waals surface area contributed by atoms with Gasteiger partial charge in [0.25, 0.3) is 0 Å². The molecule has 0 unspecified atom stereocenters. The monoisotopic (exact) mass is 241 g/mol. The van der Waals surface area contributed by atoms with Crippen molar-refractivity contribution < 1.29 is 0 Å². The maximum absolute atomic E-state index is 4.13. The van der Waals surface area contributed by atoms with Crippen LogP contribution >= 0.6 is 15.9 Å². The minimum atomic E-state index is 1.06. The molecule has 3 nitrogen and oxygen atoms in total. The van der Waals surface area contributed by atoms with Crippen molar-refractivity contribution in [2.75, 3.05) is 31.1 Å². The summed E-state index contributed by atoms with van der Waals surface area (Å²) in [6.07, 6.45) is 3.71. The summed E-state index contributed by atoms with van der Waals surface area (Å²) in [5.74, 6) is 0. The molecule has 0 bridgehead atoms. The summed E-state index contributed by atoms with van der Waals surface area (Å²) in [4.78, 5) is 6.47. The normalized spacial score (nSPS) is 17.5. The molecule has 2 rings (SSSR count). The molecule has 0 radical (unpaired) electrons. The molecule has 0 aliphatic carbocycles. The van der Waals surface area contributed by atoms with E-state index in [1.807, 2.05) is 12.3 Å². The molecule has 70 valence electrons. The number of hydrogen-bond donors (Lipinski definition) is 1. The predicted molar refractivity (Wildman–Crippen MR) is 57.0 cm³/mol. The van der Waals surface area contributed by atoms with Crippen LogP contribution in [-0.4, -0.2) is 31.2 Å². The van der Waals surface area contributed by atoms with Crippen LogP contribution in [0.4, 0.5) is 5.69 Å². The van der Waals surface area contributed by atoms with Gasteiger partial charge in [-0.15, -0.1) is 0 Å². The van der Waals surface area contributed by atoms with E-state index in [4.69, 9.17) is 0 Å². The molecule has 1 aliphatic heterocycles. The SMILES string of the molecule is Brc1ccncc1N1CCNCC1. The van der Waals surface area contributed by atoms with E-state index in [1.165, 1.54) is 5.69 Å². The Hall–Kier alpha value is -0.610. The zero-order valence-electron chi connectivity index (χ0n) is 7.33. The summed E-state index contributed by atoms with van der Waals surface area (Å²) >= 11 is 3.53. The molecule has 1 aromatic rings. The fraction of sp³-hybridized carbons (Fsp3) is 0.444. The molecule has 1 aliphatic rings. The van der Waals surface area contributed by atoms with Crippen molar-refractivity contribution >= 4 is 21.6 Å². The maximum atomic E-state index is 4.13. The molecule has 0 spiro atoms. The molecular weight excluding hydrogens is 230 g/mol. The van der Waals surface area contributed by atoms with E-state index in [0.717, 1.165) is 30.7 Å². The summed E-state index contributed by atoms with van der Waals surface area (Å²) in [5, 5.41) is 3.33. The summed E-state index contributed by atoms with van der Waals surface area (Å²) in [5.41, 5.74) is 1.20. The highest BCUT2D eigenvalue weighted by molar-refractivity contribution is 9.10. The molecule has 1 saturated heterocycles. The van der Waals surface area contributed by atoms with Crippen LogP contribution in [-0.2, 0) is 0 Å². The van der Waals surface area contributed by atoms with E-state index in [9.17, 15) is 0 Å². The van der Waals surface area contributed by atoms with Gasteiger partial charge >= 0.3 is 0 Å². The number of nitrogens with zero attached hydrogens (tertiary/aromatic N) is 2. The number of pyridine rings is 1. The van der Waals surface area contributed by atoms with E-state index in [2.05, 4.69) is 31.1 Å². The van der Waals surface area contributed by atoms with Gasteiger partial charge in [-0.25, -0.2) is 0 Å². The summed E-state index contributed by atoms with van der Waals surface area (Å²) in [7, 11) is 0. The highest BCUT2D eigenvalue weighted by Gasteiger charge is 2.12. The van der Waals surface area contributed by atoms with Gasteiger partial charge in [0.15, 0.2) is 0 Å². The zero-order valence-corrected chi connectivity index (χ0v) is 8.92. The highest BCUT2D eigenvalue weighted by atomic mass is 79.9. The van der Waals surface area contributed by atoms with Crippen LogP contribution in [0.3, 0.4) is 0 Å². The van der Waals surface area contributed by atoms with E-state index < -0.39 is 0 Å². The lowest BCUT2D eigenvalue weighted by Crippen LogP contribution is -2.43. The van der Waals surface area contributed by atoms with Gasteiger partial charge in [-0.2, -0.15) is 0 Å². The first-order valence-electron chi connectivity index (χ1n) is 4.43. The molecule has 0 aromatic carbocycles. The standard InChI is InChI=1S/C9H12BrN3/c10-8-1-2-12-7-9(8)13-5-3-11-4-6-13/h1-2,7,11H,3-6H2. The smallest absolute Gasteiger partial charge is 0.0697 e. The van der Waals surface area contributed by atoms with Crippen LogP contribution in [0.15, 0.2) is 22.9 Å². The van der Waals surface area contributed by atoms with Gasteiger partial charge < -0.3 is 10.2 Å². The fourth-order valence-corrected chi connectivity index (χ4v) is 1.98. The quantitative estimate of drug-likeness (QED) is 0.803. The van der Waals surface area contributed by atoms with E-state index in [0.29, 0.717) is 0 Å². The Labute approximate surface area is 86.3 Å². The Balaban J connectivity index is 2.18. The van der Waals surface area contributed by atoms with Crippen LogP contribution in [0.1, 0.15) is 0 Å². The first-order valence-corrected chi connectivity index (χ1v) is 5.22. The lowest BCUT2D eigenvalue weighted by Gasteiger charge is -2.29. The molecule has 0 amide bonds. The lowest BCUT2D eigenvalue weighted by molar-refractivity contribution is 0.588. The molecule has 0 atom stereocenters. The van der Waals surface area contributed by atoms with Crippen molar-refractivity contribution in [1.29, 1.82) is 0 Å². The largest absolute Gasteiger partial charge is 0.367 e. The van der Waals surface area contributed by atoms with Crippen molar-refractivity contribution in [1.82, 2.24) is 10.3 Å². The Morgan fingerprint density at radius 2 is 2.15 bits per heavy atom. The average Bonchev–Trinajstić information content (AvgIpc) is 2.20. The van der Waals surface area contributed by atoms with E-state index in [1.54, 1.807) is 6.20 Å². The number of rotatable bonds is 1. The first-order chi connectivity index (χ1) is 6.38. The second-order valence-corrected chi connectivity index (χ2v) is 3.92. The molecule has 1 fully saturated rings. The number of piperazine rings is 1. The Kier molecular flexibility index (Phi) is 2.80. The third kappa shape index (κ3) is 2.00. The fourth-order valence-electron chi connectivity index (χ4n) is 1.51. The van der Waals surface area contributed by atoms with Crippen LogP contribution in [0.25, 0.3) is 0 Å². The van der Waals surface area contributed by atoms with Crippen molar-refractivity contribution in [3.63, 3.8) is 0 Å². The molecule has 4 heteroatoms. The van der Waals surface area contributed by atoms with Gasteiger partial charge in [0, 0.05) is 36.8 Å². The number of anilines is 1. The van der Waals surface area contributed by atoms with Gasteiger partial charge in [-0.05, 0) is 22.0 Å². The van der Waals surface area contributed by atoms with Crippen molar-refractivity contribution in [3.05, 3.63) is 22.9 Å². The Bertz CT molecular complexity index is 284. The van der Waals surface area contributed by atoms with Crippen LogP contribution in [0, 0.1) is 0 Å². The number of aromatic nitrogens is 1. The van der Waals surface area contributed by atoms with Gasteiger partial charge in [0.05, 0.1) is 11.9 Å². The van der Waals surface area contributed by atoms with Crippen LogP contribution in [0.5, 0.6) is 0 Å². The summed E-state index contributed by atoms with van der Waals surface area (Å²) in [6.45, 7) is 4.23. The highest BCUT2D eigenvalue weighted by Crippen LogP contribution is 2.24. The average molecular weight is 242 g/mol.